The van der Waals surface area contributed by atoms with E-state index in [0.717, 1.165) is 0 Å². The molecule has 0 bridgehead atoms. The fourth-order valence-electron chi connectivity index (χ4n) is 0. The molecule has 0 saturated heterocycles. The van der Waals surface area contributed by atoms with Crippen molar-refractivity contribution in [3.8, 4) is 0 Å². The smallest absolute Gasteiger partial charge is 0.0384 e. The minimum Gasteiger partial charge on any atom is -0.147 e. The van der Waals surface area contributed by atoms with Gasteiger partial charge in [0, 0.05) is 0 Å². The SMILES string of the molecule is CCCP.Cl. The monoisotopic (exact) mass is 112 g/mol. The fraction of sp³-hybridized carbons (Fsp3) is 1.00. The van der Waals surface area contributed by atoms with Gasteiger partial charge in [-0.3, -0.25) is 0 Å². The molecule has 0 rings (SSSR count). The van der Waals surface area contributed by atoms with Crippen LogP contribution in [-0.4, -0.2) is 6.16 Å². The molecule has 0 N–H and O–H groups in total. The molecule has 0 aromatic heterocycles. The summed E-state index contributed by atoms with van der Waals surface area (Å²) in [6, 6.07) is 0. The molecule has 0 aromatic rings. The molecule has 0 nitrogen and oxygen atoms in total. The van der Waals surface area contributed by atoms with Crippen molar-refractivity contribution in [3.05, 3.63) is 0 Å². The molecule has 0 heterocycles. The van der Waals surface area contributed by atoms with E-state index in [-0.39, 0.29) is 12.4 Å². The van der Waals surface area contributed by atoms with Crippen LogP contribution in [0.25, 0.3) is 0 Å². The predicted molar refractivity (Wildman–Crippen MR) is 32.1 cm³/mol. The average molecular weight is 113 g/mol. The zero-order valence-corrected chi connectivity index (χ0v) is 5.37. The largest absolute Gasteiger partial charge is 0.147 e. The lowest BCUT2D eigenvalue weighted by molar-refractivity contribution is 1.11. The molecule has 2 heteroatoms. The maximum atomic E-state index is 2.66. The fourth-order valence-corrected chi connectivity index (χ4v) is 0. The van der Waals surface area contributed by atoms with Crippen LogP contribution in [0.1, 0.15) is 13.3 Å². The van der Waals surface area contributed by atoms with Crippen molar-refractivity contribution in [2.45, 2.75) is 13.3 Å². The first kappa shape index (κ1) is 9.21. The summed E-state index contributed by atoms with van der Waals surface area (Å²) in [6.07, 6.45) is 2.52. The van der Waals surface area contributed by atoms with E-state index >= 15 is 0 Å². The summed E-state index contributed by atoms with van der Waals surface area (Å²) in [5.41, 5.74) is 0. The molecule has 1 unspecified atom stereocenters. The Kier molecular flexibility index (Phi) is 16.3. The molecule has 0 aliphatic rings. The first-order valence-corrected chi connectivity index (χ1v) is 2.43. The maximum absolute atomic E-state index is 2.66. The number of rotatable bonds is 1. The molecule has 0 amide bonds. The van der Waals surface area contributed by atoms with E-state index in [4.69, 9.17) is 0 Å². The average Bonchev–Trinajstić information content (AvgIpc) is 1.37. The summed E-state index contributed by atoms with van der Waals surface area (Å²) in [5.74, 6) is 0. The highest BCUT2D eigenvalue weighted by Gasteiger charge is 1.56. The van der Waals surface area contributed by atoms with E-state index in [1.54, 1.807) is 0 Å². The Morgan fingerprint density at radius 2 is 1.80 bits per heavy atom. The standard InChI is InChI=1S/C3H9P.ClH/c1-2-3-4;/h2-4H2,1H3;1H. The molecule has 0 fully saturated rings. The topological polar surface area (TPSA) is 0 Å². The van der Waals surface area contributed by atoms with Crippen LogP contribution in [0.5, 0.6) is 0 Å². The van der Waals surface area contributed by atoms with E-state index in [1.807, 2.05) is 0 Å². The molecule has 5 heavy (non-hydrogen) atoms. The highest BCUT2D eigenvalue weighted by molar-refractivity contribution is 7.16. The Hall–Kier alpha value is 0.720. The first-order chi connectivity index (χ1) is 1.91. The third-order valence-electron chi connectivity index (χ3n) is 0.289. The van der Waals surface area contributed by atoms with Gasteiger partial charge in [-0.15, -0.1) is 21.6 Å². The van der Waals surface area contributed by atoms with Crippen LogP contribution >= 0.6 is 21.6 Å². The van der Waals surface area contributed by atoms with E-state index in [2.05, 4.69) is 16.2 Å². The summed E-state index contributed by atoms with van der Waals surface area (Å²) in [4.78, 5) is 0. The van der Waals surface area contributed by atoms with Gasteiger partial charge in [0.2, 0.25) is 0 Å². The zero-order valence-electron chi connectivity index (χ0n) is 3.40. The summed E-state index contributed by atoms with van der Waals surface area (Å²) >= 11 is 0. The quantitative estimate of drug-likeness (QED) is 0.453. The number of hydrogen-bond acceptors (Lipinski definition) is 0. The summed E-state index contributed by atoms with van der Waals surface area (Å²) in [5, 5.41) is 0. The van der Waals surface area contributed by atoms with Crippen LogP contribution in [-0.2, 0) is 0 Å². The molecule has 1 atom stereocenters. The first-order valence-electron chi connectivity index (χ1n) is 1.62. The van der Waals surface area contributed by atoms with Gasteiger partial charge in [-0.1, -0.05) is 13.3 Å². The van der Waals surface area contributed by atoms with Crippen molar-refractivity contribution < 1.29 is 0 Å². The van der Waals surface area contributed by atoms with Gasteiger partial charge >= 0.3 is 0 Å². The molecular formula is C3H10ClP. The zero-order chi connectivity index (χ0) is 3.41. The molecule has 0 aliphatic heterocycles. The van der Waals surface area contributed by atoms with E-state index in [9.17, 15) is 0 Å². The Morgan fingerprint density at radius 3 is 1.80 bits per heavy atom. The number of halogens is 1. The van der Waals surface area contributed by atoms with Gasteiger partial charge in [-0.05, 0) is 6.16 Å². The Labute approximate surface area is 42.0 Å². The summed E-state index contributed by atoms with van der Waals surface area (Å²) in [6.45, 7) is 2.16. The second kappa shape index (κ2) is 8.83. The minimum atomic E-state index is 0. The maximum Gasteiger partial charge on any atom is -0.0384 e. The molecular weight excluding hydrogens is 102 g/mol. The van der Waals surface area contributed by atoms with Crippen molar-refractivity contribution in [1.29, 1.82) is 0 Å². The van der Waals surface area contributed by atoms with Crippen molar-refractivity contribution in [2.75, 3.05) is 6.16 Å². The van der Waals surface area contributed by atoms with Crippen LogP contribution < -0.4 is 0 Å². The van der Waals surface area contributed by atoms with Crippen molar-refractivity contribution >= 4 is 21.6 Å². The molecule has 0 spiro atoms. The van der Waals surface area contributed by atoms with Crippen molar-refractivity contribution in [2.24, 2.45) is 0 Å². The second-order valence-corrected chi connectivity index (χ2v) is 1.37. The molecule has 34 valence electrons. The van der Waals surface area contributed by atoms with Gasteiger partial charge in [-0.25, -0.2) is 0 Å². The third-order valence-corrected chi connectivity index (χ3v) is 0.866. The highest BCUT2D eigenvalue weighted by Crippen LogP contribution is 1.80. The predicted octanol–water partition coefficient (Wildman–Crippen LogP) is 1.69. The van der Waals surface area contributed by atoms with Gasteiger partial charge in [0.15, 0.2) is 0 Å². The van der Waals surface area contributed by atoms with Gasteiger partial charge in [0.25, 0.3) is 0 Å². The van der Waals surface area contributed by atoms with Crippen LogP contribution in [0, 0.1) is 0 Å². The molecule has 0 saturated carbocycles. The molecule has 0 aromatic carbocycles. The van der Waals surface area contributed by atoms with Gasteiger partial charge in [0.05, 0.1) is 0 Å². The highest BCUT2D eigenvalue weighted by atomic mass is 35.5. The Balaban J connectivity index is 0. The second-order valence-electron chi connectivity index (χ2n) is 0.789. The van der Waals surface area contributed by atoms with Crippen LogP contribution in [0.15, 0.2) is 0 Å². The van der Waals surface area contributed by atoms with Crippen molar-refractivity contribution in [3.63, 3.8) is 0 Å². The van der Waals surface area contributed by atoms with E-state index in [0.29, 0.717) is 0 Å². The van der Waals surface area contributed by atoms with Crippen LogP contribution in [0.4, 0.5) is 0 Å². The van der Waals surface area contributed by atoms with E-state index < -0.39 is 0 Å². The van der Waals surface area contributed by atoms with Gasteiger partial charge < -0.3 is 0 Å². The molecule has 0 radical (unpaired) electrons. The normalized spacial score (nSPS) is 6.00. The van der Waals surface area contributed by atoms with Crippen LogP contribution in [0.3, 0.4) is 0 Å². The lowest BCUT2D eigenvalue weighted by Gasteiger charge is -1.68. The minimum absolute atomic E-state index is 0. The summed E-state index contributed by atoms with van der Waals surface area (Å²) in [7, 11) is 2.66. The van der Waals surface area contributed by atoms with Crippen molar-refractivity contribution in [1.82, 2.24) is 0 Å². The lowest BCUT2D eigenvalue weighted by Crippen LogP contribution is -1.54. The number of hydrogen-bond donors (Lipinski definition) is 0. The Morgan fingerprint density at radius 1 is 1.60 bits per heavy atom. The molecule has 0 aliphatic carbocycles. The summed E-state index contributed by atoms with van der Waals surface area (Å²) < 4.78 is 0. The Bertz CT molecular complexity index is 8.85. The van der Waals surface area contributed by atoms with E-state index in [1.165, 1.54) is 12.6 Å². The lowest BCUT2D eigenvalue weighted by atomic mass is 10.6. The third kappa shape index (κ3) is 11.8. The van der Waals surface area contributed by atoms with Gasteiger partial charge in [-0.2, -0.15) is 0 Å². The van der Waals surface area contributed by atoms with Crippen LogP contribution in [0.2, 0.25) is 0 Å². The van der Waals surface area contributed by atoms with Gasteiger partial charge in [0.1, 0.15) is 0 Å².